The van der Waals surface area contributed by atoms with Crippen LogP contribution in [0, 0.1) is 5.92 Å². The van der Waals surface area contributed by atoms with Gasteiger partial charge in [-0.05, 0) is 42.9 Å². The number of imide groups is 1. The second-order valence-electron chi connectivity index (χ2n) is 10.2. The van der Waals surface area contributed by atoms with Gasteiger partial charge in [0.25, 0.3) is 5.91 Å². The summed E-state index contributed by atoms with van der Waals surface area (Å²) in [6, 6.07) is 16.2. The van der Waals surface area contributed by atoms with Crippen LogP contribution in [-0.4, -0.2) is 56.8 Å². The van der Waals surface area contributed by atoms with Crippen molar-refractivity contribution < 1.29 is 24.3 Å². The van der Waals surface area contributed by atoms with Crippen LogP contribution < -0.4 is 5.32 Å². The van der Waals surface area contributed by atoms with E-state index in [2.05, 4.69) is 5.32 Å². The fourth-order valence-corrected chi connectivity index (χ4v) is 4.27. The maximum Gasteiger partial charge on any atom is 0.328 e. The third-order valence-corrected chi connectivity index (χ3v) is 6.39. The van der Waals surface area contributed by atoms with Gasteiger partial charge in [0.05, 0.1) is 6.42 Å². The van der Waals surface area contributed by atoms with Crippen molar-refractivity contribution in [3.8, 4) is 0 Å². The third-order valence-electron chi connectivity index (χ3n) is 6.39. The average Bonchev–Trinajstić information content (AvgIpc) is 3.01. The van der Waals surface area contributed by atoms with Crippen LogP contribution in [0.25, 0.3) is 12.2 Å². The van der Waals surface area contributed by atoms with Gasteiger partial charge in [-0.1, -0.05) is 80.6 Å². The summed E-state index contributed by atoms with van der Waals surface area (Å²) in [6.07, 6.45) is 4.07. The van der Waals surface area contributed by atoms with E-state index in [4.69, 9.17) is 5.11 Å². The van der Waals surface area contributed by atoms with E-state index < -0.39 is 35.4 Å². The van der Waals surface area contributed by atoms with Gasteiger partial charge in [0.1, 0.15) is 11.6 Å². The molecule has 0 saturated carbocycles. The van der Waals surface area contributed by atoms with Crippen molar-refractivity contribution in [3.63, 3.8) is 0 Å². The number of benzene rings is 2. The van der Waals surface area contributed by atoms with Crippen LogP contribution in [0.2, 0.25) is 0 Å². The molecule has 0 aromatic heterocycles. The number of carboxylic acids is 1. The molecule has 37 heavy (non-hydrogen) atoms. The maximum absolute atomic E-state index is 13.5. The maximum atomic E-state index is 13.5. The van der Waals surface area contributed by atoms with Crippen LogP contribution in [0.5, 0.6) is 0 Å². The van der Waals surface area contributed by atoms with Gasteiger partial charge in [-0.2, -0.15) is 0 Å². The zero-order chi connectivity index (χ0) is 27.2. The van der Waals surface area contributed by atoms with Crippen molar-refractivity contribution >= 4 is 36.0 Å². The second-order valence-corrected chi connectivity index (χ2v) is 10.2. The molecule has 2 aromatic rings. The minimum atomic E-state index is -1.14. The molecule has 8 heteroatoms. The Morgan fingerprint density at radius 3 is 2.14 bits per heavy atom. The molecule has 1 saturated heterocycles. The predicted octanol–water partition coefficient (Wildman–Crippen LogP) is 4.41. The number of hydrogen-bond donors (Lipinski definition) is 2. The van der Waals surface area contributed by atoms with Crippen LogP contribution in [0.1, 0.15) is 57.2 Å². The lowest BCUT2D eigenvalue weighted by Gasteiger charge is -2.27. The molecule has 8 nitrogen and oxygen atoms in total. The highest BCUT2D eigenvalue weighted by molar-refractivity contribution is 6.09. The number of hydrogen-bond acceptors (Lipinski definition) is 4. The summed E-state index contributed by atoms with van der Waals surface area (Å²) >= 11 is 0. The standard InChI is InChI=1S/C29H35N3O5/c1-20(2)18-24(26(35)30-17-16-25(33)34)32-27(36)29(3,4)31(28(32)37)19-23-14-12-22(13-15-23)11-10-21-8-6-5-7-9-21/h5-15,20,24H,16-19H2,1-4H3,(H,30,35)(H,33,34)/b11-10+/t24-/m0/s1. The third kappa shape index (κ3) is 6.84. The van der Waals surface area contributed by atoms with E-state index in [1.54, 1.807) is 13.8 Å². The van der Waals surface area contributed by atoms with E-state index in [1.807, 2.05) is 80.6 Å². The Morgan fingerprint density at radius 2 is 1.57 bits per heavy atom. The molecular weight excluding hydrogens is 470 g/mol. The molecule has 0 spiro atoms. The zero-order valence-corrected chi connectivity index (χ0v) is 21.8. The molecule has 0 radical (unpaired) electrons. The molecule has 0 unspecified atom stereocenters. The molecule has 1 aliphatic rings. The minimum absolute atomic E-state index is 0.0319. The number of carbonyl (C=O) groups excluding carboxylic acids is 3. The zero-order valence-electron chi connectivity index (χ0n) is 21.8. The molecule has 2 N–H and O–H groups in total. The summed E-state index contributed by atoms with van der Waals surface area (Å²) in [5.41, 5.74) is 1.82. The van der Waals surface area contributed by atoms with E-state index >= 15 is 0 Å². The topological polar surface area (TPSA) is 107 Å². The van der Waals surface area contributed by atoms with Crippen LogP contribution >= 0.6 is 0 Å². The number of carboxylic acid groups (broad SMARTS) is 1. The van der Waals surface area contributed by atoms with E-state index in [9.17, 15) is 19.2 Å². The Morgan fingerprint density at radius 1 is 0.973 bits per heavy atom. The normalized spacial score (nSPS) is 16.0. The van der Waals surface area contributed by atoms with Crippen molar-refractivity contribution in [2.24, 2.45) is 5.92 Å². The van der Waals surface area contributed by atoms with E-state index in [-0.39, 0.29) is 31.8 Å². The summed E-state index contributed by atoms with van der Waals surface area (Å²) in [5.74, 6) is -1.98. The molecule has 0 bridgehead atoms. The monoisotopic (exact) mass is 505 g/mol. The van der Waals surface area contributed by atoms with Crippen LogP contribution in [0.15, 0.2) is 54.6 Å². The average molecular weight is 506 g/mol. The number of urea groups is 1. The van der Waals surface area contributed by atoms with Crippen LogP contribution in [0.4, 0.5) is 4.79 Å². The molecule has 2 aromatic carbocycles. The second kappa shape index (κ2) is 11.9. The van der Waals surface area contributed by atoms with Gasteiger partial charge in [0, 0.05) is 13.1 Å². The quantitative estimate of drug-likeness (QED) is 0.348. The minimum Gasteiger partial charge on any atom is -0.481 e. The van der Waals surface area contributed by atoms with Gasteiger partial charge in [0.2, 0.25) is 5.91 Å². The molecule has 1 fully saturated rings. The Labute approximate surface area is 218 Å². The van der Waals surface area contributed by atoms with Gasteiger partial charge in [0.15, 0.2) is 0 Å². The van der Waals surface area contributed by atoms with Gasteiger partial charge in [-0.3, -0.25) is 14.4 Å². The highest BCUT2D eigenvalue weighted by Crippen LogP contribution is 2.32. The molecule has 1 heterocycles. The van der Waals surface area contributed by atoms with E-state index in [0.717, 1.165) is 21.6 Å². The molecule has 3 rings (SSSR count). The predicted molar refractivity (Wildman–Crippen MR) is 142 cm³/mol. The first kappa shape index (κ1) is 27.6. The first-order chi connectivity index (χ1) is 17.5. The Bertz CT molecular complexity index is 1160. The Balaban J connectivity index is 1.76. The van der Waals surface area contributed by atoms with E-state index in [0.29, 0.717) is 0 Å². The fraction of sp³-hybridized carbons (Fsp3) is 0.379. The molecule has 196 valence electrons. The van der Waals surface area contributed by atoms with Crippen molar-refractivity contribution in [1.29, 1.82) is 0 Å². The summed E-state index contributed by atoms with van der Waals surface area (Å²) in [6.45, 7) is 7.30. The summed E-state index contributed by atoms with van der Waals surface area (Å²) in [7, 11) is 0. The Hall–Kier alpha value is -3.94. The first-order valence-corrected chi connectivity index (χ1v) is 12.5. The molecule has 0 aliphatic carbocycles. The summed E-state index contributed by atoms with van der Waals surface area (Å²) in [4.78, 5) is 53.2. The first-order valence-electron chi connectivity index (χ1n) is 12.5. The van der Waals surface area contributed by atoms with Gasteiger partial charge >= 0.3 is 12.0 Å². The smallest absolute Gasteiger partial charge is 0.328 e. The van der Waals surface area contributed by atoms with Crippen LogP contribution in [0.3, 0.4) is 0 Å². The van der Waals surface area contributed by atoms with Crippen molar-refractivity contribution in [2.75, 3.05) is 6.54 Å². The van der Waals surface area contributed by atoms with Gasteiger partial charge in [-0.25, -0.2) is 9.69 Å². The van der Waals surface area contributed by atoms with Crippen LogP contribution in [-0.2, 0) is 20.9 Å². The summed E-state index contributed by atoms with van der Waals surface area (Å²) in [5, 5.41) is 11.4. The highest BCUT2D eigenvalue weighted by Gasteiger charge is 2.54. The van der Waals surface area contributed by atoms with Crippen molar-refractivity contribution in [1.82, 2.24) is 15.1 Å². The van der Waals surface area contributed by atoms with Crippen molar-refractivity contribution in [3.05, 3.63) is 71.3 Å². The van der Waals surface area contributed by atoms with Gasteiger partial charge < -0.3 is 15.3 Å². The number of carbonyl (C=O) groups is 4. The van der Waals surface area contributed by atoms with E-state index in [1.165, 1.54) is 4.90 Å². The van der Waals surface area contributed by atoms with Crippen molar-refractivity contribution in [2.45, 2.75) is 58.7 Å². The summed E-state index contributed by atoms with van der Waals surface area (Å²) < 4.78 is 0. The number of amides is 4. The number of nitrogens with zero attached hydrogens (tertiary/aromatic N) is 2. The number of nitrogens with one attached hydrogen (secondary N) is 1. The lowest BCUT2D eigenvalue weighted by atomic mass is 9.99. The fourth-order valence-electron chi connectivity index (χ4n) is 4.27. The van der Waals surface area contributed by atoms with Gasteiger partial charge in [-0.15, -0.1) is 0 Å². The molecule has 1 atom stereocenters. The molecule has 4 amide bonds. The lowest BCUT2D eigenvalue weighted by molar-refractivity contribution is -0.140. The highest BCUT2D eigenvalue weighted by atomic mass is 16.4. The SMILES string of the molecule is CC(C)C[C@@H](C(=O)NCCC(=O)O)N1C(=O)N(Cc2ccc(/C=C/c3ccccc3)cc2)C(C)(C)C1=O. The largest absolute Gasteiger partial charge is 0.481 e. The number of aliphatic carboxylic acids is 1. The molecular formula is C29H35N3O5. The Kier molecular flexibility index (Phi) is 8.86. The number of rotatable bonds is 11. The molecule has 1 aliphatic heterocycles. The lowest BCUT2D eigenvalue weighted by Crippen LogP contribution is -2.51.